The van der Waals surface area contributed by atoms with Gasteiger partial charge in [-0.15, -0.1) is 0 Å². The first kappa shape index (κ1) is 23.3. The van der Waals surface area contributed by atoms with Crippen LogP contribution in [0.3, 0.4) is 0 Å². The minimum Gasteiger partial charge on any atom is -0.465 e. The molecule has 9 nitrogen and oxygen atoms in total. The molecule has 10 heteroatoms. The number of hydrogen-bond donors (Lipinski definition) is 3. The van der Waals surface area contributed by atoms with Gasteiger partial charge in [-0.2, -0.15) is 5.01 Å². The Labute approximate surface area is 193 Å². The molecule has 32 heavy (non-hydrogen) atoms. The van der Waals surface area contributed by atoms with Crippen LogP contribution in [-0.2, 0) is 16.0 Å². The monoisotopic (exact) mass is 502 g/mol. The van der Waals surface area contributed by atoms with Gasteiger partial charge in [0.1, 0.15) is 5.54 Å². The Kier molecular flexibility index (Phi) is 7.14. The quantitative estimate of drug-likeness (QED) is 0.394. The van der Waals surface area contributed by atoms with Crippen molar-refractivity contribution in [2.75, 3.05) is 12.4 Å². The minimum absolute atomic E-state index is 0.245. The SMILES string of the molecule is CCC1(CCc2ccccc2C(=O)OC)NC(=O)N(NC(=O)Nc2ccc(Br)cc2)C1=O. The standard InChI is InChI=1S/C22H23BrN4O5/c1-3-22(13-12-14-6-4-5-7-17(14)18(28)32-2)19(29)27(21(31)25-22)26-20(30)24-16-10-8-15(23)9-11-16/h4-11H,3,12-13H2,1-2H3,(H,25,31)(H2,24,26,30). The molecule has 0 bridgehead atoms. The first-order valence-electron chi connectivity index (χ1n) is 9.96. The molecule has 1 unspecified atom stereocenters. The van der Waals surface area contributed by atoms with Crippen molar-refractivity contribution in [2.24, 2.45) is 0 Å². The Morgan fingerprint density at radius 1 is 1.12 bits per heavy atom. The number of halogens is 1. The minimum atomic E-state index is -1.20. The fourth-order valence-electron chi connectivity index (χ4n) is 3.50. The van der Waals surface area contributed by atoms with Gasteiger partial charge in [0.05, 0.1) is 12.7 Å². The van der Waals surface area contributed by atoms with Crippen molar-refractivity contribution >= 4 is 45.6 Å². The molecule has 0 aromatic heterocycles. The average Bonchev–Trinajstić information content (AvgIpc) is 3.03. The first-order valence-corrected chi connectivity index (χ1v) is 10.7. The molecule has 0 spiro atoms. The zero-order valence-electron chi connectivity index (χ0n) is 17.6. The second kappa shape index (κ2) is 9.82. The summed E-state index contributed by atoms with van der Waals surface area (Å²) in [6, 6.07) is 12.3. The highest BCUT2D eigenvalue weighted by Crippen LogP contribution is 2.27. The van der Waals surface area contributed by atoms with E-state index in [-0.39, 0.29) is 6.42 Å². The number of nitrogens with one attached hydrogen (secondary N) is 3. The summed E-state index contributed by atoms with van der Waals surface area (Å²) in [6.07, 6.45) is 0.906. The molecule has 5 amide bonds. The highest BCUT2D eigenvalue weighted by atomic mass is 79.9. The third kappa shape index (κ3) is 4.91. The Morgan fingerprint density at radius 2 is 1.81 bits per heavy atom. The van der Waals surface area contributed by atoms with E-state index in [9.17, 15) is 19.2 Å². The maximum atomic E-state index is 13.1. The molecule has 1 heterocycles. The fourth-order valence-corrected chi connectivity index (χ4v) is 3.76. The molecule has 1 aliphatic rings. The van der Waals surface area contributed by atoms with Gasteiger partial charge in [-0.3, -0.25) is 4.79 Å². The zero-order valence-corrected chi connectivity index (χ0v) is 19.2. The number of anilines is 1. The van der Waals surface area contributed by atoms with Crippen LogP contribution < -0.4 is 16.1 Å². The Balaban J connectivity index is 1.70. The van der Waals surface area contributed by atoms with Crippen molar-refractivity contribution in [1.82, 2.24) is 15.8 Å². The summed E-state index contributed by atoms with van der Waals surface area (Å²) in [4.78, 5) is 49.9. The third-order valence-electron chi connectivity index (χ3n) is 5.32. The van der Waals surface area contributed by atoms with E-state index in [1.54, 1.807) is 55.5 Å². The molecule has 2 aromatic rings. The van der Waals surface area contributed by atoms with E-state index in [2.05, 4.69) is 32.0 Å². The molecule has 1 fully saturated rings. The van der Waals surface area contributed by atoms with Crippen molar-refractivity contribution in [3.05, 3.63) is 64.1 Å². The highest BCUT2D eigenvalue weighted by molar-refractivity contribution is 9.10. The van der Waals surface area contributed by atoms with Crippen LogP contribution in [0.4, 0.5) is 15.3 Å². The second-order valence-electron chi connectivity index (χ2n) is 7.23. The number of hydrogen-bond acceptors (Lipinski definition) is 5. The zero-order chi connectivity index (χ0) is 23.3. The van der Waals surface area contributed by atoms with E-state index in [1.165, 1.54) is 7.11 Å². The molecule has 1 atom stereocenters. The van der Waals surface area contributed by atoms with Gasteiger partial charge < -0.3 is 15.4 Å². The number of imide groups is 1. The van der Waals surface area contributed by atoms with Gasteiger partial charge in [0, 0.05) is 10.2 Å². The maximum Gasteiger partial charge on any atom is 0.344 e. The maximum absolute atomic E-state index is 13.1. The van der Waals surface area contributed by atoms with Crippen LogP contribution in [0.2, 0.25) is 0 Å². The number of ether oxygens (including phenoxy) is 1. The number of benzene rings is 2. The largest absolute Gasteiger partial charge is 0.465 e. The number of hydrazine groups is 1. The summed E-state index contributed by atoms with van der Waals surface area (Å²) in [5.74, 6) is -1.03. The van der Waals surface area contributed by atoms with Crippen LogP contribution in [0, 0.1) is 0 Å². The summed E-state index contributed by atoms with van der Waals surface area (Å²) in [5.41, 5.74) is 2.71. The van der Waals surface area contributed by atoms with Gasteiger partial charge in [0.25, 0.3) is 5.91 Å². The summed E-state index contributed by atoms with van der Waals surface area (Å²) in [6.45, 7) is 1.77. The van der Waals surface area contributed by atoms with Crippen molar-refractivity contribution in [2.45, 2.75) is 31.7 Å². The predicted molar refractivity (Wildman–Crippen MR) is 121 cm³/mol. The van der Waals surface area contributed by atoms with E-state index >= 15 is 0 Å². The van der Waals surface area contributed by atoms with Crippen LogP contribution in [0.15, 0.2) is 53.0 Å². The van der Waals surface area contributed by atoms with Crippen molar-refractivity contribution in [3.63, 3.8) is 0 Å². The normalized spacial score (nSPS) is 17.7. The lowest BCUT2D eigenvalue weighted by atomic mass is 9.87. The Bertz CT molecular complexity index is 1040. The first-order chi connectivity index (χ1) is 15.3. The topological polar surface area (TPSA) is 117 Å². The summed E-state index contributed by atoms with van der Waals surface area (Å²) in [7, 11) is 1.30. The van der Waals surface area contributed by atoms with Gasteiger partial charge in [0.15, 0.2) is 0 Å². The number of carbonyl (C=O) groups is 4. The van der Waals surface area contributed by atoms with Crippen molar-refractivity contribution in [3.8, 4) is 0 Å². The van der Waals surface area contributed by atoms with E-state index in [0.29, 0.717) is 34.7 Å². The number of rotatable bonds is 7. The molecule has 3 N–H and O–H groups in total. The molecule has 0 radical (unpaired) electrons. The molecular weight excluding hydrogens is 480 g/mol. The number of carbonyl (C=O) groups excluding carboxylic acids is 4. The van der Waals surface area contributed by atoms with Crippen LogP contribution in [0.1, 0.15) is 35.7 Å². The van der Waals surface area contributed by atoms with E-state index in [4.69, 9.17) is 4.74 Å². The molecular formula is C22H23BrN4O5. The van der Waals surface area contributed by atoms with Crippen LogP contribution in [0.5, 0.6) is 0 Å². The molecule has 1 aliphatic heterocycles. The molecule has 1 saturated heterocycles. The van der Waals surface area contributed by atoms with Gasteiger partial charge in [-0.05, 0) is 55.2 Å². The lowest BCUT2D eigenvalue weighted by Crippen LogP contribution is -2.51. The Morgan fingerprint density at radius 3 is 2.47 bits per heavy atom. The second-order valence-corrected chi connectivity index (χ2v) is 8.14. The smallest absolute Gasteiger partial charge is 0.344 e. The van der Waals surface area contributed by atoms with Gasteiger partial charge in [-0.1, -0.05) is 41.1 Å². The molecule has 0 aliphatic carbocycles. The summed E-state index contributed by atoms with van der Waals surface area (Å²) in [5, 5.41) is 5.95. The van der Waals surface area contributed by atoms with Gasteiger partial charge in [-0.25, -0.2) is 19.8 Å². The molecule has 2 aromatic carbocycles. The van der Waals surface area contributed by atoms with E-state index in [0.717, 1.165) is 4.47 Å². The number of nitrogens with zero attached hydrogens (tertiary/aromatic N) is 1. The van der Waals surface area contributed by atoms with E-state index < -0.39 is 29.5 Å². The van der Waals surface area contributed by atoms with E-state index in [1.807, 2.05) is 0 Å². The van der Waals surface area contributed by atoms with Crippen LogP contribution in [0.25, 0.3) is 0 Å². The van der Waals surface area contributed by atoms with Gasteiger partial charge >= 0.3 is 18.0 Å². The average molecular weight is 503 g/mol. The molecule has 3 rings (SSSR count). The van der Waals surface area contributed by atoms with Crippen molar-refractivity contribution < 1.29 is 23.9 Å². The molecule has 0 saturated carbocycles. The van der Waals surface area contributed by atoms with Crippen LogP contribution in [-0.4, -0.2) is 41.6 Å². The molecule has 168 valence electrons. The number of methoxy groups -OCH3 is 1. The summed E-state index contributed by atoms with van der Waals surface area (Å²) >= 11 is 3.31. The van der Waals surface area contributed by atoms with Crippen LogP contribution >= 0.6 is 15.9 Å². The lowest BCUT2D eigenvalue weighted by Gasteiger charge is -2.25. The van der Waals surface area contributed by atoms with Crippen molar-refractivity contribution in [1.29, 1.82) is 0 Å². The van der Waals surface area contributed by atoms with Gasteiger partial charge in [0.2, 0.25) is 0 Å². The number of aryl methyl sites for hydroxylation is 1. The Hall–Kier alpha value is -3.40. The highest BCUT2D eigenvalue weighted by Gasteiger charge is 2.50. The number of esters is 1. The number of urea groups is 2. The number of amides is 5. The third-order valence-corrected chi connectivity index (χ3v) is 5.85. The lowest BCUT2D eigenvalue weighted by molar-refractivity contribution is -0.133. The fraction of sp³-hybridized carbons (Fsp3) is 0.273. The summed E-state index contributed by atoms with van der Waals surface area (Å²) < 4.78 is 5.66. The predicted octanol–water partition coefficient (Wildman–Crippen LogP) is 3.61.